The summed E-state index contributed by atoms with van der Waals surface area (Å²) < 4.78 is 102. The number of carbonyl (C=O) groups excluding carboxylic acids is 1. The molecule has 0 bridgehead atoms. The highest BCUT2D eigenvalue weighted by atomic mass is 19.1. The van der Waals surface area contributed by atoms with Crippen molar-refractivity contribution in [2.45, 2.75) is 78.4 Å². The predicted molar refractivity (Wildman–Crippen MR) is 496 cm³/mol. The molecule has 2 aliphatic heterocycles. The van der Waals surface area contributed by atoms with Crippen molar-refractivity contribution in [3.8, 4) is 45.0 Å². The second-order valence-corrected chi connectivity index (χ2v) is 32.5. The average molecular weight is 1790 g/mol. The number of morpholine rings is 1. The van der Waals surface area contributed by atoms with Crippen LogP contribution in [0.5, 0.6) is 0 Å². The third-order valence-corrected chi connectivity index (χ3v) is 23.7. The number of amides is 1. The normalized spacial score (nSPS) is 13.6. The Morgan fingerprint density at radius 2 is 0.872 bits per heavy atom. The molecule has 2 unspecified atom stereocenters. The number of aromatic amines is 4. The van der Waals surface area contributed by atoms with Gasteiger partial charge in [-0.2, -0.15) is 38.5 Å². The van der Waals surface area contributed by atoms with E-state index < -0.39 is 29.4 Å². The van der Waals surface area contributed by atoms with Crippen LogP contribution in [0.25, 0.3) is 111 Å². The fourth-order valence-electron chi connectivity index (χ4n) is 17.1. The smallest absolute Gasteiger partial charge is 0.259 e. The first-order chi connectivity index (χ1) is 64.9. The molecule has 0 aliphatic carbocycles. The molecule has 16 aromatic heterocycles. The number of pyridine rings is 4. The number of rotatable bonds is 23. The third kappa shape index (κ3) is 18.4. The van der Waals surface area contributed by atoms with Crippen molar-refractivity contribution in [3.05, 3.63) is 311 Å². The minimum Gasteiger partial charge on any atom is -0.389 e. The molecule has 1 amide bonds. The van der Waals surface area contributed by atoms with Crippen molar-refractivity contribution in [1.82, 2.24) is 103 Å². The number of nitrogens with one attached hydrogen (secondary N) is 8. The lowest BCUT2D eigenvalue weighted by Crippen LogP contribution is -2.40. The van der Waals surface area contributed by atoms with E-state index in [1.165, 1.54) is 76.9 Å². The highest BCUT2D eigenvalue weighted by Gasteiger charge is 2.28. The van der Waals surface area contributed by atoms with Gasteiger partial charge in [0.25, 0.3) is 5.91 Å². The molecule has 2 fully saturated rings. The number of aromatic nitrogens is 20. The molecule has 0 saturated carbocycles. The maximum atomic E-state index is 14.2. The highest BCUT2D eigenvalue weighted by molar-refractivity contribution is 6.00. The molecule has 4 aromatic carbocycles. The van der Waals surface area contributed by atoms with Crippen LogP contribution in [0.2, 0.25) is 0 Å². The van der Waals surface area contributed by atoms with Gasteiger partial charge in [0.15, 0.2) is 22.6 Å². The SMILES string of the molecule is CC(O)c1cnn2c(NCCc3c[nH]c4ccccc34)cc(-c3cncc(F)c3)nc12.Cc1[nH]c2c(F)cccc2c1CCNc1cc(-c2cncc(F)c2)nc2c(C(=O)N3CCOCC3)cnn12.Cc1[nH]c2c(F)cccc2c1CCNc1cc(-c2cncc(F)c2)nc2c(C)cnn12.Fc1cncc(-c2cc(NCCc3c[nH]c4ccccc34)n3ncc(C4CCCO4)c3n2)c1. The zero-order chi connectivity index (χ0) is 91.3. The van der Waals surface area contributed by atoms with E-state index in [2.05, 4.69) is 133 Å². The van der Waals surface area contributed by atoms with Crippen LogP contribution >= 0.6 is 0 Å². The number of benzene rings is 4. The molecule has 22 rings (SSSR count). The van der Waals surface area contributed by atoms with Crippen molar-refractivity contribution in [2.75, 3.05) is 80.4 Å². The second kappa shape index (κ2) is 38.1. The average Bonchev–Trinajstić information content (AvgIpc) is 1.64. The first-order valence-corrected chi connectivity index (χ1v) is 43.6. The Morgan fingerprint density at radius 1 is 0.459 bits per heavy atom. The number of para-hydroxylation sites is 4. The molecule has 133 heavy (non-hydrogen) atoms. The van der Waals surface area contributed by atoms with Crippen molar-refractivity contribution < 1.29 is 45.7 Å². The van der Waals surface area contributed by atoms with E-state index in [0.717, 1.165) is 124 Å². The van der Waals surface area contributed by atoms with Gasteiger partial charge in [0.1, 0.15) is 63.7 Å². The van der Waals surface area contributed by atoms with Crippen LogP contribution in [0.4, 0.5) is 49.6 Å². The van der Waals surface area contributed by atoms with Crippen molar-refractivity contribution >= 4 is 95.4 Å². The van der Waals surface area contributed by atoms with Gasteiger partial charge in [0.05, 0.1) is 109 Å². The number of fused-ring (bicyclic) bond motifs is 8. The van der Waals surface area contributed by atoms with Crippen LogP contribution in [0, 0.1) is 55.7 Å². The Hall–Kier alpha value is -15.8. The van der Waals surface area contributed by atoms with Crippen LogP contribution in [-0.4, -0.2) is 173 Å². The van der Waals surface area contributed by atoms with Gasteiger partial charge in [0, 0.05) is 190 Å². The Kier molecular flexibility index (Phi) is 24.8. The van der Waals surface area contributed by atoms with E-state index in [0.29, 0.717) is 161 Å². The Balaban J connectivity index is 0.000000115. The van der Waals surface area contributed by atoms with Gasteiger partial charge in [-0.05, 0) is 137 Å². The lowest BCUT2D eigenvalue weighted by Gasteiger charge is -2.26. The molecule has 0 radical (unpaired) electrons. The van der Waals surface area contributed by atoms with Crippen LogP contribution in [0.3, 0.4) is 0 Å². The number of anilines is 4. The molecule has 29 nitrogen and oxygen atoms in total. The minimum atomic E-state index is -0.732. The van der Waals surface area contributed by atoms with E-state index in [1.54, 1.807) is 74.6 Å². The first kappa shape index (κ1) is 86.6. The first-order valence-electron chi connectivity index (χ1n) is 43.6. The van der Waals surface area contributed by atoms with Crippen LogP contribution < -0.4 is 21.3 Å². The number of aryl methyl sites for hydroxylation is 3. The summed E-state index contributed by atoms with van der Waals surface area (Å²) in [6.45, 7) is 12.6. The molecular weight excluding hydrogens is 1710 g/mol. The van der Waals surface area contributed by atoms with Gasteiger partial charge >= 0.3 is 0 Å². The molecule has 2 aliphatic rings. The molecule has 672 valence electrons. The molecular formula is C98H89F6N25O4. The van der Waals surface area contributed by atoms with Crippen LogP contribution in [0.15, 0.2) is 220 Å². The quantitative estimate of drug-likeness (QED) is 0.0269. The molecule has 0 spiro atoms. The summed E-state index contributed by atoms with van der Waals surface area (Å²) in [5.74, 6) is 0.360. The van der Waals surface area contributed by atoms with Gasteiger partial charge in [0.2, 0.25) is 0 Å². The molecule has 20 aromatic rings. The summed E-state index contributed by atoms with van der Waals surface area (Å²) in [5, 5.41) is 45.8. The molecule has 2 saturated heterocycles. The van der Waals surface area contributed by atoms with E-state index in [-0.39, 0.29) is 23.6 Å². The number of nitrogens with zero attached hydrogens (tertiary/aromatic N) is 17. The largest absolute Gasteiger partial charge is 0.389 e. The van der Waals surface area contributed by atoms with Crippen molar-refractivity contribution in [1.29, 1.82) is 0 Å². The minimum absolute atomic E-state index is 0.0186. The zero-order valence-corrected chi connectivity index (χ0v) is 72.6. The fourth-order valence-corrected chi connectivity index (χ4v) is 17.1. The number of aliphatic hydroxyl groups excluding tert-OH is 1. The number of halogens is 6. The highest BCUT2D eigenvalue weighted by Crippen LogP contribution is 2.37. The molecule has 18 heterocycles. The summed E-state index contributed by atoms with van der Waals surface area (Å²) >= 11 is 0. The monoisotopic (exact) mass is 1790 g/mol. The second-order valence-electron chi connectivity index (χ2n) is 32.5. The number of hydrogen-bond donors (Lipinski definition) is 9. The van der Waals surface area contributed by atoms with E-state index in [4.69, 9.17) is 14.5 Å². The predicted octanol–water partition coefficient (Wildman–Crippen LogP) is 17.8. The third-order valence-electron chi connectivity index (χ3n) is 23.7. The van der Waals surface area contributed by atoms with E-state index in [9.17, 15) is 36.2 Å². The maximum absolute atomic E-state index is 14.2. The molecule has 9 N–H and O–H groups in total. The number of H-pyrrole nitrogens is 4. The van der Waals surface area contributed by atoms with E-state index >= 15 is 0 Å². The Labute approximate surface area is 755 Å². The lowest BCUT2D eigenvalue weighted by atomic mass is 10.1. The van der Waals surface area contributed by atoms with Gasteiger partial charge < -0.3 is 60.7 Å². The van der Waals surface area contributed by atoms with Gasteiger partial charge in [-0.25, -0.2) is 46.3 Å². The van der Waals surface area contributed by atoms with Crippen molar-refractivity contribution in [2.24, 2.45) is 0 Å². The van der Waals surface area contributed by atoms with Crippen LogP contribution in [-0.2, 0) is 35.2 Å². The summed E-state index contributed by atoms with van der Waals surface area (Å²) in [5.41, 5.74) is 19.3. The lowest BCUT2D eigenvalue weighted by molar-refractivity contribution is 0.0304. The van der Waals surface area contributed by atoms with Crippen molar-refractivity contribution in [3.63, 3.8) is 0 Å². The summed E-state index contributed by atoms with van der Waals surface area (Å²) in [4.78, 5) is 62.5. The maximum Gasteiger partial charge on any atom is 0.259 e. The van der Waals surface area contributed by atoms with E-state index in [1.807, 2.05) is 86.2 Å². The fraction of sp³-hybridized carbons (Fsp3) is 0.214. The zero-order valence-electron chi connectivity index (χ0n) is 72.6. The van der Waals surface area contributed by atoms with Gasteiger partial charge in [-0.3, -0.25) is 24.7 Å². The van der Waals surface area contributed by atoms with Gasteiger partial charge in [-0.1, -0.05) is 60.7 Å². The Morgan fingerprint density at radius 3 is 1.35 bits per heavy atom. The van der Waals surface area contributed by atoms with Crippen LogP contribution in [0.1, 0.15) is 92.7 Å². The summed E-state index contributed by atoms with van der Waals surface area (Å²) in [6, 6.07) is 39.5. The number of carbonyl (C=O) groups is 1. The summed E-state index contributed by atoms with van der Waals surface area (Å²) in [6.07, 6.45) is 25.8. The molecule has 35 heteroatoms. The summed E-state index contributed by atoms with van der Waals surface area (Å²) in [7, 11) is 0. The topological polar surface area (TPSA) is 343 Å². The molecule has 2 atom stereocenters. The van der Waals surface area contributed by atoms with Gasteiger partial charge in [-0.15, -0.1) is 0 Å². The Bertz CT molecular complexity index is 7670. The number of aliphatic hydroxyl groups is 1. The number of hydrogen-bond acceptors (Lipinski definition) is 20. The standard InChI is InChI=1S/C27H25F2N7O2.C25H23FN6O.C23H20F2N6.C23H21FN6O/c1-16-19(20-3-2-4-22(29)25(20)33-16)5-6-31-24-12-23(17-11-18(28)14-30-13-17)34-26-21(15-32-36(24)26)27(37)35-7-9-38-10-8-35;26-18-10-17(12-27-14-18)22-11-24(28-8-7-16-13-29-21-5-2-1-4-19(16)21)32-25(31-22)20(15-30-32)23-6-3-9-33-23;1-13-10-28-31-21(9-20(30-23(13)31)15-8-16(24)12-26-11-15)27-7-6-17-14(2)29-22-18(17)4-3-5-19(22)25;1-14(31)19-13-28-30-22(9-21(29-23(19)30)16-8-17(24)12-25-10-16)26-7-6-15-11-27-20-5-3-2-4-18(15)20/h2-4,11-15,31,33H,5-10H2,1H3;1-2,4-5,10-15,23,28-29H,3,6-9H2;3-5,8-12,27,29H,6-7H2,1-2H3;2-5,8-14,26-27,31H,6-7H2,1H3. The number of ether oxygens (including phenoxy) is 2.